The SMILES string of the molecule is c1ccc(-c2ccc3c4c2-c2cccc5cccc(c25)-c2cccc(c24)n3-c2nc3c(nc2-c2ccccc2)-c2cccc4cccc-3c24)cc1. The molecule has 51 heavy (non-hydrogen) atoms. The summed E-state index contributed by atoms with van der Waals surface area (Å²) >= 11 is 0. The van der Waals surface area contributed by atoms with Crippen LogP contribution >= 0.6 is 0 Å². The lowest BCUT2D eigenvalue weighted by Crippen LogP contribution is -2.05. The lowest BCUT2D eigenvalue weighted by atomic mass is 9.89. The van der Waals surface area contributed by atoms with E-state index >= 15 is 0 Å². The molecule has 0 radical (unpaired) electrons. The summed E-state index contributed by atoms with van der Waals surface area (Å²) in [6, 6.07) is 59.3. The van der Waals surface area contributed by atoms with E-state index in [0.29, 0.717) is 0 Å². The molecule has 2 aliphatic carbocycles. The topological polar surface area (TPSA) is 30.7 Å². The fourth-order valence-corrected chi connectivity index (χ4v) is 9.00. The average molecular weight is 646 g/mol. The van der Waals surface area contributed by atoms with Gasteiger partial charge in [0.05, 0.1) is 22.4 Å². The second-order valence-electron chi connectivity index (χ2n) is 13.7. The summed E-state index contributed by atoms with van der Waals surface area (Å²) in [4.78, 5) is 11.2. The zero-order valence-corrected chi connectivity index (χ0v) is 27.4. The van der Waals surface area contributed by atoms with Crippen molar-refractivity contribution < 1.29 is 0 Å². The summed E-state index contributed by atoms with van der Waals surface area (Å²) in [5.74, 6) is 0.840. The van der Waals surface area contributed by atoms with Crippen LogP contribution in [-0.4, -0.2) is 14.5 Å². The minimum absolute atomic E-state index is 0.840. The van der Waals surface area contributed by atoms with Gasteiger partial charge in [-0.15, -0.1) is 0 Å². The Morgan fingerprint density at radius 2 is 0.843 bits per heavy atom. The molecule has 3 nitrogen and oxygen atoms in total. The van der Waals surface area contributed by atoms with Crippen LogP contribution in [0.4, 0.5) is 0 Å². The number of hydrogen-bond acceptors (Lipinski definition) is 2. The fraction of sp³-hybridized carbons (Fsp3) is 0. The number of nitrogens with zero attached hydrogens (tertiary/aromatic N) is 3. The molecule has 3 heteroatoms. The number of fused-ring (bicyclic) bond motifs is 5. The maximum absolute atomic E-state index is 5.68. The molecule has 2 aliphatic rings. The Morgan fingerprint density at radius 1 is 0.314 bits per heavy atom. The molecule has 8 aromatic carbocycles. The van der Waals surface area contributed by atoms with Gasteiger partial charge in [0.25, 0.3) is 0 Å². The highest BCUT2D eigenvalue weighted by Crippen LogP contribution is 2.53. The molecule has 0 amide bonds. The highest BCUT2D eigenvalue weighted by atomic mass is 15.1. The van der Waals surface area contributed by atoms with Gasteiger partial charge >= 0.3 is 0 Å². The lowest BCUT2D eigenvalue weighted by Gasteiger charge is -2.18. The second-order valence-corrected chi connectivity index (χ2v) is 13.7. The van der Waals surface area contributed by atoms with Gasteiger partial charge in [0.15, 0.2) is 5.82 Å². The van der Waals surface area contributed by atoms with Crippen LogP contribution in [-0.2, 0) is 0 Å². The molecule has 0 spiro atoms. The van der Waals surface area contributed by atoms with E-state index in [1.807, 2.05) is 0 Å². The van der Waals surface area contributed by atoms with Gasteiger partial charge in [0.1, 0.15) is 5.69 Å². The first-order chi connectivity index (χ1) is 25.3. The highest BCUT2D eigenvalue weighted by molar-refractivity contribution is 6.29. The van der Waals surface area contributed by atoms with Crippen LogP contribution in [0.1, 0.15) is 0 Å². The standard InChI is InChI=1S/C48H27N3/c1-3-12-28(13-4-1)32-26-27-39-44-42(32)35-22-8-17-29-16-7-20-33(40(29)35)34-21-11-25-38(43(34)44)51(39)48-45(31-14-5-2-6-15-31)49-46-36-23-9-18-30-19-10-24-37(41(30)36)47(46)50-48/h1-27H. The van der Waals surface area contributed by atoms with E-state index in [4.69, 9.17) is 9.97 Å². The molecule has 0 N–H and O–H groups in total. The Labute approximate surface area is 293 Å². The van der Waals surface area contributed by atoms with Crippen molar-refractivity contribution >= 4 is 43.4 Å². The van der Waals surface area contributed by atoms with E-state index in [1.54, 1.807) is 0 Å². The molecule has 2 heterocycles. The molecule has 0 saturated heterocycles. The summed E-state index contributed by atoms with van der Waals surface area (Å²) in [6.07, 6.45) is 0. The van der Waals surface area contributed by atoms with Crippen molar-refractivity contribution in [3.63, 3.8) is 0 Å². The van der Waals surface area contributed by atoms with E-state index in [1.165, 1.54) is 65.7 Å². The molecule has 0 aliphatic heterocycles. The Hall–Kier alpha value is -6.84. The predicted octanol–water partition coefficient (Wildman–Crippen LogP) is 12.5. The normalized spacial score (nSPS) is 12.3. The molecule has 0 bridgehead atoms. The van der Waals surface area contributed by atoms with Gasteiger partial charge in [0, 0.05) is 38.4 Å². The highest BCUT2D eigenvalue weighted by Gasteiger charge is 2.31. The van der Waals surface area contributed by atoms with Crippen LogP contribution in [0, 0.1) is 0 Å². The zero-order chi connectivity index (χ0) is 33.2. The number of rotatable bonds is 3. The Kier molecular flexibility index (Phi) is 5.23. The Bertz CT molecular complexity index is 3110. The summed E-state index contributed by atoms with van der Waals surface area (Å²) < 4.78 is 2.39. The maximum atomic E-state index is 5.68. The van der Waals surface area contributed by atoms with Gasteiger partial charge in [0.2, 0.25) is 0 Å². The maximum Gasteiger partial charge on any atom is 0.165 e. The van der Waals surface area contributed by atoms with Crippen LogP contribution in [0.3, 0.4) is 0 Å². The molecule has 10 aromatic rings. The van der Waals surface area contributed by atoms with Crippen molar-refractivity contribution in [3.05, 3.63) is 164 Å². The third-order valence-electron chi connectivity index (χ3n) is 11.1. The minimum atomic E-state index is 0.840. The van der Waals surface area contributed by atoms with Crippen molar-refractivity contribution in [1.29, 1.82) is 0 Å². The number of hydrogen-bond donors (Lipinski definition) is 0. The molecule has 0 fully saturated rings. The van der Waals surface area contributed by atoms with Crippen LogP contribution in [0.15, 0.2) is 164 Å². The van der Waals surface area contributed by atoms with Gasteiger partial charge in [-0.25, -0.2) is 9.97 Å². The molecular weight excluding hydrogens is 619 g/mol. The number of benzene rings is 8. The molecular formula is C48H27N3. The lowest BCUT2D eigenvalue weighted by molar-refractivity contribution is 1.06. The van der Waals surface area contributed by atoms with E-state index in [2.05, 4.69) is 168 Å². The quantitative estimate of drug-likeness (QED) is 0.191. The molecule has 0 atom stereocenters. The van der Waals surface area contributed by atoms with Crippen LogP contribution in [0.25, 0.3) is 116 Å². The average Bonchev–Trinajstić information content (AvgIpc) is 3.66. The first-order valence-corrected chi connectivity index (χ1v) is 17.5. The van der Waals surface area contributed by atoms with Crippen molar-refractivity contribution in [3.8, 4) is 73.0 Å². The van der Waals surface area contributed by atoms with Gasteiger partial charge in [-0.05, 0) is 56.1 Å². The van der Waals surface area contributed by atoms with Crippen molar-refractivity contribution in [1.82, 2.24) is 14.5 Å². The van der Waals surface area contributed by atoms with Crippen LogP contribution < -0.4 is 0 Å². The Morgan fingerprint density at radius 3 is 1.53 bits per heavy atom. The molecule has 0 unspecified atom stereocenters. The van der Waals surface area contributed by atoms with Gasteiger partial charge in [-0.2, -0.15) is 0 Å². The van der Waals surface area contributed by atoms with Gasteiger partial charge < -0.3 is 0 Å². The smallest absolute Gasteiger partial charge is 0.165 e. The van der Waals surface area contributed by atoms with Crippen molar-refractivity contribution in [2.45, 2.75) is 0 Å². The van der Waals surface area contributed by atoms with Crippen molar-refractivity contribution in [2.24, 2.45) is 0 Å². The van der Waals surface area contributed by atoms with Gasteiger partial charge in [-0.3, -0.25) is 4.57 Å². The van der Waals surface area contributed by atoms with Gasteiger partial charge in [-0.1, -0.05) is 152 Å². The summed E-state index contributed by atoms with van der Waals surface area (Å²) in [5.41, 5.74) is 15.8. The first-order valence-electron chi connectivity index (χ1n) is 17.5. The first kappa shape index (κ1) is 27.0. The molecule has 234 valence electrons. The number of aromatic nitrogens is 3. The van der Waals surface area contributed by atoms with E-state index in [-0.39, 0.29) is 0 Å². The van der Waals surface area contributed by atoms with E-state index < -0.39 is 0 Å². The Balaban J connectivity index is 1.28. The third-order valence-corrected chi connectivity index (χ3v) is 11.1. The summed E-state index contributed by atoms with van der Waals surface area (Å²) in [5, 5.41) is 7.48. The van der Waals surface area contributed by atoms with Crippen LogP contribution in [0.2, 0.25) is 0 Å². The van der Waals surface area contributed by atoms with E-state index in [9.17, 15) is 0 Å². The third kappa shape index (κ3) is 3.52. The summed E-state index contributed by atoms with van der Waals surface area (Å²) in [7, 11) is 0. The molecule has 0 saturated carbocycles. The van der Waals surface area contributed by atoms with Crippen molar-refractivity contribution in [2.75, 3.05) is 0 Å². The van der Waals surface area contributed by atoms with Crippen LogP contribution in [0.5, 0.6) is 0 Å². The zero-order valence-electron chi connectivity index (χ0n) is 27.4. The van der Waals surface area contributed by atoms with E-state index in [0.717, 1.165) is 50.6 Å². The fourth-order valence-electron chi connectivity index (χ4n) is 9.00. The largest absolute Gasteiger partial charge is 0.292 e. The summed E-state index contributed by atoms with van der Waals surface area (Å²) in [6.45, 7) is 0. The monoisotopic (exact) mass is 645 g/mol. The minimum Gasteiger partial charge on any atom is -0.292 e. The predicted molar refractivity (Wildman–Crippen MR) is 211 cm³/mol. The molecule has 2 aromatic heterocycles. The molecule has 12 rings (SSSR count). The second kappa shape index (κ2) is 9.87.